The van der Waals surface area contributed by atoms with E-state index in [9.17, 15) is 14.4 Å². The van der Waals surface area contributed by atoms with Crippen molar-refractivity contribution in [3.63, 3.8) is 0 Å². The van der Waals surface area contributed by atoms with Gasteiger partial charge in [-0.2, -0.15) is 0 Å². The van der Waals surface area contributed by atoms with E-state index in [4.69, 9.17) is 14.2 Å². The van der Waals surface area contributed by atoms with Gasteiger partial charge in [0, 0.05) is 19.3 Å². The van der Waals surface area contributed by atoms with E-state index in [-0.39, 0.29) is 31.1 Å². The average molecular weight is 1130 g/mol. The molecule has 6 nitrogen and oxygen atoms in total. The molecule has 0 aliphatic carbocycles. The van der Waals surface area contributed by atoms with Crippen molar-refractivity contribution in [2.24, 2.45) is 0 Å². The summed E-state index contributed by atoms with van der Waals surface area (Å²) in [4.78, 5) is 38.3. The zero-order valence-corrected chi connectivity index (χ0v) is 54.1. The fraction of sp³-hybridized carbons (Fsp3) is 0.800. The Labute approximate surface area is 503 Å². The molecule has 0 heterocycles. The first-order valence-electron chi connectivity index (χ1n) is 35.4. The number of allylic oxidation sites excluding steroid dienone is 12. The number of unbranched alkanes of at least 4 members (excludes halogenated alkanes) is 42. The van der Waals surface area contributed by atoms with Crippen molar-refractivity contribution in [2.75, 3.05) is 13.2 Å². The molecule has 0 rings (SSSR count). The summed E-state index contributed by atoms with van der Waals surface area (Å²) in [6.07, 6.45) is 91.0. The van der Waals surface area contributed by atoms with Crippen LogP contribution in [0.25, 0.3) is 0 Å². The lowest BCUT2D eigenvalue weighted by atomic mass is 10.0. The Morgan fingerprint density at radius 1 is 0.259 bits per heavy atom. The molecule has 1 atom stereocenters. The topological polar surface area (TPSA) is 78.9 Å². The monoisotopic (exact) mass is 1130 g/mol. The molecule has 81 heavy (non-hydrogen) atoms. The third kappa shape index (κ3) is 67.5. The minimum atomic E-state index is -0.796. The van der Waals surface area contributed by atoms with Crippen molar-refractivity contribution in [3.8, 4) is 0 Å². The predicted octanol–water partition coefficient (Wildman–Crippen LogP) is 24.4. The molecule has 0 amide bonds. The van der Waals surface area contributed by atoms with Gasteiger partial charge in [-0.05, 0) is 89.9 Å². The van der Waals surface area contributed by atoms with Crippen LogP contribution in [0.2, 0.25) is 0 Å². The van der Waals surface area contributed by atoms with Gasteiger partial charge in [-0.15, -0.1) is 0 Å². The van der Waals surface area contributed by atoms with Gasteiger partial charge in [-0.1, -0.05) is 331 Å². The van der Waals surface area contributed by atoms with E-state index in [1.165, 1.54) is 225 Å². The van der Waals surface area contributed by atoms with Gasteiger partial charge < -0.3 is 14.2 Å². The fourth-order valence-electron chi connectivity index (χ4n) is 10.4. The standard InChI is InChI=1S/C75H134O6/c1-4-7-10-13-16-19-22-25-27-29-31-32-33-34-35-36-37-38-39-40-41-42-43-45-46-48-50-53-56-59-62-65-68-74(77)80-71-72(70-79-73(76)67-64-61-58-55-52-24-21-18-15-12-9-6-3)81-75(78)69-66-63-60-57-54-51-49-47-44-30-28-26-23-20-17-14-11-8-5-2/h8,11,17-18,20-21,26,28,44,47,51,54,72H,4-7,9-10,12-16,19,22-25,27,29-43,45-46,48-50,52-53,55-71H2,1-3H3/b11-8-,20-17-,21-18-,28-26-,47-44-,54-51-. The summed E-state index contributed by atoms with van der Waals surface area (Å²) < 4.78 is 16.9. The van der Waals surface area contributed by atoms with Crippen LogP contribution in [0.1, 0.15) is 367 Å². The first-order chi connectivity index (χ1) is 40.0. The number of rotatable bonds is 65. The van der Waals surface area contributed by atoms with Crippen molar-refractivity contribution in [1.82, 2.24) is 0 Å². The van der Waals surface area contributed by atoms with Crippen LogP contribution < -0.4 is 0 Å². The van der Waals surface area contributed by atoms with Crippen LogP contribution in [0.15, 0.2) is 72.9 Å². The van der Waals surface area contributed by atoms with Gasteiger partial charge in [0.15, 0.2) is 6.10 Å². The van der Waals surface area contributed by atoms with Gasteiger partial charge in [0.05, 0.1) is 0 Å². The van der Waals surface area contributed by atoms with Crippen molar-refractivity contribution >= 4 is 17.9 Å². The molecule has 1 unspecified atom stereocenters. The summed E-state index contributed by atoms with van der Waals surface area (Å²) in [6.45, 7) is 6.52. The molecule has 0 saturated heterocycles. The third-order valence-corrected chi connectivity index (χ3v) is 15.7. The molecule has 470 valence electrons. The highest BCUT2D eigenvalue weighted by molar-refractivity contribution is 5.71. The van der Waals surface area contributed by atoms with Crippen LogP contribution in [-0.2, 0) is 28.6 Å². The van der Waals surface area contributed by atoms with E-state index in [0.717, 1.165) is 103 Å². The lowest BCUT2D eigenvalue weighted by molar-refractivity contribution is -0.167. The summed E-state index contributed by atoms with van der Waals surface area (Å²) in [5.74, 6) is -0.914. The molecule has 0 spiro atoms. The number of hydrogen-bond donors (Lipinski definition) is 0. The number of ether oxygens (including phenoxy) is 3. The lowest BCUT2D eigenvalue weighted by Gasteiger charge is -2.18. The maximum Gasteiger partial charge on any atom is 0.306 e. The van der Waals surface area contributed by atoms with Crippen molar-refractivity contribution in [2.45, 2.75) is 374 Å². The van der Waals surface area contributed by atoms with E-state index in [0.29, 0.717) is 19.3 Å². The van der Waals surface area contributed by atoms with Gasteiger partial charge in [-0.3, -0.25) is 14.4 Å². The number of hydrogen-bond acceptors (Lipinski definition) is 6. The van der Waals surface area contributed by atoms with E-state index in [2.05, 4.69) is 93.7 Å². The fourth-order valence-corrected chi connectivity index (χ4v) is 10.4. The highest BCUT2D eigenvalue weighted by Crippen LogP contribution is 2.18. The van der Waals surface area contributed by atoms with Crippen LogP contribution in [0, 0.1) is 0 Å². The Hall–Kier alpha value is -3.15. The first-order valence-corrected chi connectivity index (χ1v) is 35.4. The van der Waals surface area contributed by atoms with Gasteiger partial charge in [0.2, 0.25) is 0 Å². The quantitative estimate of drug-likeness (QED) is 0.0261. The normalized spacial score (nSPS) is 12.5. The average Bonchev–Trinajstić information content (AvgIpc) is 3.47. The summed E-state index contributed by atoms with van der Waals surface area (Å²) in [5.41, 5.74) is 0. The van der Waals surface area contributed by atoms with Gasteiger partial charge in [0.25, 0.3) is 0 Å². The van der Waals surface area contributed by atoms with E-state index < -0.39 is 6.10 Å². The molecule has 0 fully saturated rings. The number of esters is 3. The molecular formula is C75H134O6. The lowest BCUT2D eigenvalue weighted by Crippen LogP contribution is -2.30. The molecule has 0 aromatic rings. The van der Waals surface area contributed by atoms with Gasteiger partial charge in [-0.25, -0.2) is 0 Å². The number of carbonyl (C=O) groups is 3. The zero-order valence-electron chi connectivity index (χ0n) is 54.1. The second-order valence-corrected chi connectivity index (χ2v) is 23.8. The minimum Gasteiger partial charge on any atom is -0.462 e. The Morgan fingerprint density at radius 2 is 0.481 bits per heavy atom. The SMILES string of the molecule is CC/C=C\C/C=C\C/C=C\C/C=C\C/C=C\CCCCCC(=O)OC(COC(=O)CCCCCCC/C=C\CCCCC)COC(=O)CCCCCCCCCCCCCCCCCCCCCCCCCCCCCCCCCC. The van der Waals surface area contributed by atoms with Crippen LogP contribution >= 0.6 is 0 Å². The molecule has 0 aliphatic rings. The largest absolute Gasteiger partial charge is 0.462 e. The molecular weight excluding hydrogens is 997 g/mol. The van der Waals surface area contributed by atoms with Gasteiger partial charge >= 0.3 is 17.9 Å². The van der Waals surface area contributed by atoms with Gasteiger partial charge in [0.1, 0.15) is 13.2 Å². The molecule has 0 radical (unpaired) electrons. The maximum atomic E-state index is 12.9. The molecule has 0 aromatic heterocycles. The highest BCUT2D eigenvalue weighted by atomic mass is 16.6. The van der Waals surface area contributed by atoms with Crippen LogP contribution in [0.5, 0.6) is 0 Å². The Balaban J connectivity index is 4.17. The zero-order chi connectivity index (χ0) is 58.5. The predicted molar refractivity (Wildman–Crippen MR) is 353 cm³/mol. The summed E-state index contributed by atoms with van der Waals surface area (Å²) in [7, 11) is 0. The smallest absolute Gasteiger partial charge is 0.306 e. The second kappa shape index (κ2) is 69.3. The third-order valence-electron chi connectivity index (χ3n) is 15.7. The van der Waals surface area contributed by atoms with E-state index in [1.807, 2.05) is 0 Å². The maximum absolute atomic E-state index is 12.9. The second-order valence-electron chi connectivity index (χ2n) is 23.8. The van der Waals surface area contributed by atoms with Crippen molar-refractivity contribution < 1.29 is 28.6 Å². The van der Waals surface area contributed by atoms with Crippen molar-refractivity contribution in [1.29, 1.82) is 0 Å². The molecule has 0 aromatic carbocycles. The first kappa shape index (κ1) is 77.9. The van der Waals surface area contributed by atoms with Crippen LogP contribution in [-0.4, -0.2) is 37.2 Å². The van der Waals surface area contributed by atoms with Crippen LogP contribution in [0.3, 0.4) is 0 Å². The van der Waals surface area contributed by atoms with E-state index >= 15 is 0 Å². The minimum absolute atomic E-state index is 0.0887. The summed E-state index contributed by atoms with van der Waals surface area (Å²) >= 11 is 0. The Morgan fingerprint density at radius 3 is 0.802 bits per heavy atom. The van der Waals surface area contributed by atoms with Crippen LogP contribution in [0.4, 0.5) is 0 Å². The Bertz CT molecular complexity index is 1490. The molecule has 0 N–H and O–H groups in total. The molecule has 0 saturated carbocycles. The summed E-state index contributed by atoms with van der Waals surface area (Å²) in [5, 5.41) is 0. The summed E-state index contributed by atoms with van der Waals surface area (Å²) in [6, 6.07) is 0. The highest BCUT2D eigenvalue weighted by Gasteiger charge is 2.19. The molecule has 0 aliphatic heterocycles. The molecule has 6 heteroatoms. The Kier molecular flexibility index (Phi) is 66.6. The molecule has 0 bridgehead atoms. The van der Waals surface area contributed by atoms with Crippen molar-refractivity contribution in [3.05, 3.63) is 72.9 Å². The van der Waals surface area contributed by atoms with E-state index in [1.54, 1.807) is 0 Å². The number of carbonyl (C=O) groups excluding carboxylic acids is 3.